The van der Waals surface area contributed by atoms with E-state index in [2.05, 4.69) is 10.6 Å². The molecule has 1 atom stereocenters. The Balaban J connectivity index is 1.81. The first-order valence-corrected chi connectivity index (χ1v) is 8.07. The molecule has 2 N–H and O–H groups in total. The van der Waals surface area contributed by atoms with Crippen molar-refractivity contribution in [2.45, 2.75) is 12.5 Å². The van der Waals surface area contributed by atoms with Gasteiger partial charge in [0, 0.05) is 18.8 Å². The van der Waals surface area contributed by atoms with Crippen molar-refractivity contribution in [1.82, 2.24) is 10.2 Å². The normalized spacial score (nSPS) is 17.2. The summed E-state index contributed by atoms with van der Waals surface area (Å²) in [6.45, 7) is 0.844. The molecule has 2 aromatic rings. The minimum atomic E-state index is -0.318. The Morgan fingerprint density at radius 3 is 2.56 bits per heavy atom. The second-order valence-electron chi connectivity index (χ2n) is 5.79. The van der Waals surface area contributed by atoms with Crippen LogP contribution >= 0.6 is 0 Å². The van der Waals surface area contributed by atoms with Crippen molar-refractivity contribution in [3.05, 3.63) is 65.7 Å². The lowest BCUT2D eigenvalue weighted by atomic mass is 10.0. The third-order valence-corrected chi connectivity index (χ3v) is 4.14. The number of rotatable bonds is 2. The fourth-order valence-corrected chi connectivity index (χ4v) is 2.87. The molecular formula is C19H18N4O2. The van der Waals surface area contributed by atoms with E-state index in [4.69, 9.17) is 5.26 Å². The highest BCUT2D eigenvalue weighted by atomic mass is 16.2. The molecule has 2 aromatic carbocycles. The van der Waals surface area contributed by atoms with E-state index >= 15 is 0 Å². The molecule has 0 radical (unpaired) electrons. The van der Waals surface area contributed by atoms with Crippen molar-refractivity contribution in [3.63, 3.8) is 0 Å². The quantitative estimate of drug-likeness (QED) is 0.885. The number of carbonyl (C=O) groups excluding carboxylic acids is 2. The molecule has 1 heterocycles. The lowest BCUT2D eigenvalue weighted by molar-refractivity contribution is -0.121. The average molecular weight is 334 g/mol. The van der Waals surface area contributed by atoms with Gasteiger partial charge >= 0.3 is 6.03 Å². The Morgan fingerprint density at radius 1 is 1.16 bits per heavy atom. The predicted octanol–water partition coefficient (Wildman–Crippen LogP) is 2.65. The summed E-state index contributed by atoms with van der Waals surface area (Å²) in [7, 11) is 0. The zero-order valence-electron chi connectivity index (χ0n) is 13.6. The lowest BCUT2D eigenvalue weighted by Crippen LogP contribution is -2.39. The predicted molar refractivity (Wildman–Crippen MR) is 93.7 cm³/mol. The Morgan fingerprint density at radius 2 is 1.88 bits per heavy atom. The van der Waals surface area contributed by atoms with E-state index in [0.717, 1.165) is 5.56 Å². The largest absolute Gasteiger partial charge is 0.354 e. The zero-order chi connectivity index (χ0) is 17.6. The summed E-state index contributed by atoms with van der Waals surface area (Å²) in [4.78, 5) is 26.4. The van der Waals surface area contributed by atoms with E-state index in [-0.39, 0.29) is 24.4 Å². The first-order chi connectivity index (χ1) is 12.2. The van der Waals surface area contributed by atoms with Crippen LogP contribution in [0.15, 0.2) is 54.6 Å². The Labute approximate surface area is 146 Å². The van der Waals surface area contributed by atoms with Crippen molar-refractivity contribution in [2.24, 2.45) is 0 Å². The van der Waals surface area contributed by atoms with Crippen molar-refractivity contribution < 1.29 is 9.59 Å². The molecule has 25 heavy (non-hydrogen) atoms. The number of nitrogens with one attached hydrogen (secondary N) is 2. The number of hydrogen-bond donors (Lipinski definition) is 2. The Bertz CT molecular complexity index is 796. The second-order valence-corrected chi connectivity index (χ2v) is 5.79. The summed E-state index contributed by atoms with van der Waals surface area (Å²) in [6, 6.07) is 17.7. The minimum absolute atomic E-state index is 0.0671. The highest BCUT2D eigenvalue weighted by Crippen LogP contribution is 2.26. The van der Waals surface area contributed by atoms with Crippen molar-refractivity contribution in [1.29, 1.82) is 5.26 Å². The minimum Gasteiger partial charge on any atom is -0.354 e. The van der Waals surface area contributed by atoms with Crippen LogP contribution < -0.4 is 10.6 Å². The van der Waals surface area contributed by atoms with E-state index < -0.39 is 0 Å². The van der Waals surface area contributed by atoms with Gasteiger partial charge in [0.1, 0.15) is 0 Å². The molecule has 0 aliphatic carbocycles. The third-order valence-electron chi connectivity index (χ3n) is 4.14. The summed E-state index contributed by atoms with van der Waals surface area (Å²) in [5.41, 5.74) is 2.07. The van der Waals surface area contributed by atoms with Gasteiger partial charge in [-0.3, -0.25) is 4.79 Å². The van der Waals surface area contributed by atoms with E-state index in [1.807, 2.05) is 36.4 Å². The van der Waals surface area contributed by atoms with Crippen LogP contribution in [0.3, 0.4) is 0 Å². The number of amides is 3. The smallest absolute Gasteiger partial charge is 0.322 e. The maximum Gasteiger partial charge on any atom is 0.322 e. The van der Waals surface area contributed by atoms with Crippen LogP contribution in [-0.4, -0.2) is 29.9 Å². The van der Waals surface area contributed by atoms with Gasteiger partial charge in [0.2, 0.25) is 5.91 Å². The zero-order valence-corrected chi connectivity index (χ0v) is 13.6. The van der Waals surface area contributed by atoms with Crippen molar-refractivity contribution in [3.8, 4) is 6.07 Å². The van der Waals surface area contributed by atoms with E-state index in [9.17, 15) is 9.59 Å². The van der Waals surface area contributed by atoms with E-state index in [1.165, 1.54) is 0 Å². The van der Waals surface area contributed by atoms with Gasteiger partial charge < -0.3 is 15.5 Å². The SMILES string of the molecule is N#Cc1ccc(NC(=O)N2CCNC(=O)C[C@H]2c2ccccc2)cc1. The molecule has 3 rings (SSSR count). The summed E-state index contributed by atoms with van der Waals surface area (Å²) in [5, 5.41) is 14.5. The second kappa shape index (κ2) is 7.49. The fraction of sp³-hybridized carbons (Fsp3) is 0.211. The highest BCUT2D eigenvalue weighted by Gasteiger charge is 2.29. The maximum atomic E-state index is 12.8. The number of urea groups is 1. The molecule has 1 fully saturated rings. The van der Waals surface area contributed by atoms with Crippen LogP contribution in [0, 0.1) is 11.3 Å². The molecule has 126 valence electrons. The van der Waals surface area contributed by atoms with Gasteiger partial charge in [-0.25, -0.2) is 4.79 Å². The Hall–Kier alpha value is -3.33. The van der Waals surface area contributed by atoms with Crippen LogP contribution in [-0.2, 0) is 4.79 Å². The number of benzene rings is 2. The first kappa shape index (κ1) is 16.5. The summed E-state index contributed by atoms with van der Waals surface area (Å²) < 4.78 is 0. The maximum absolute atomic E-state index is 12.8. The molecule has 6 heteroatoms. The number of carbonyl (C=O) groups is 2. The van der Waals surface area contributed by atoms with Gasteiger partial charge in [0.05, 0.1) is 24.1 Å². The molecule has 3 amide bonds. The van der Waals surface area contributed by atoms with Gasteiger partial charge in [-0.05, 0) is 29.8 Å². The highest BCUT2D eigenvalue weighted by molar-refractivity contribution is 5.90. The first-order valence-electron chi connectivity index (χ1n) is 8.07. The molecule has 1 aliphatic heterocycles. The summed E-state index contributed by atoms with van der Waals surface area (Å²) >= 11 is 0. The standard InChI is InChI=1S/C19H18N4O2/c20-13-14-6-8-16(9-7-14)22-19(25)23-11-10-21-18(24)12-17(23)15-4-2-1-3-5-15/h1-9,17H,10-12H2,(H,21,24)(H,22,25)/t17-/m0/s1. The number of nitriles is 1. The van der Waals surface area contributed by atoms with Gasteiger partial charge in [-0.15, -0.1) is 0 Å². The molecule has 1 aliphatic rings. The Kier molecular flexibility index (Phi) is 4.95. The topological polar surface area (TPSA) is 85.2 Å². The number of nitrogens with zero attached hydrogens (tertiary/aromatic N) is 2. The molecular weight excluding hydrogens is 316 g/mol. The number of hydrogen-bond acceptors (Lipinski definition) is 3. The van der Waals surface area contributed by atoms with Crippen LogP contribution in [0.1, 0.15) is 23.6 Å². The third kappa shape index (κ3) is 3.96. The van der Waals surface area contributed by atoms with E-state index in [1.54, 1.807) is 29.2 Å². The molecule has 0 unspecified atom stereocenters. The van der Waals surface area contributed by atoms with Crippen molar-refractivity contribution in [2.75, 3.05) is 18.4 Å². The van der Waals surface area contributed by atoms with Crippen LogP contribution in [0.25, 0.3) is 0 Å². The average Bonchev–Trinajstić information content (AvgIpc) is 2.84. The van der Waals surface area contributed by atoms with Gasteiger partial charge in [0.15, 0.2) is 0 Å². The van der Waals surface area contributed by atoms with E-state index in [0.29, 0.717) is 24.3 Å². The summed E-state index contributed by atoms with van der Waals surface area (Å²) in [6.07, 6.45) is 0.227. The van der Waals surface area contributed by atoms with Crippen LogP contribution in [0.4, 0.5) is 10.5 Å². The molecule has 0 bridgehead atoms. The monoisotopic (exact) mass is 334 g/mol. The molecule has 0 spiro atoms. The van der Waals surface area contributed by atoms with Gasteiger partial charge in [0.25, 0.3) is 0 Å². The molecule has 6 nitrogen and oxygen atoms in total. The molecule has 0 aromatic heterocycles. The molecule has 0 saturated carbocycles. The summed E-state index contributed by atoms with van der Waals surface area (Å²) in [5.74, 6) is -0.0671. The van der Waals surface area contributed by atoms with Crippen LogP contribution in [0.2, 0.25) is 0 Å². The van der Waals surface area contributed by atoms with Crippen LogP contribution in [0.5, 0.6) is 0 Å². The molecule has 1 saturated heterocycles. The fourth-order valence-electron chi connectivity index (χ4n) is 2.87. The van der Waals surface area contributed by atoms with Gasteiger partial charge in [-0.1, -0.05) is 30.3 Å². The van der Waals surface area contributed by atoms with Gasteiger partial charge in [-0.2, -0.15) is 5.26 Å². The van der Waals surface area contributed by atoms with Crippen molar-refractivity contribution >= 4 is 17.6 Å². The lowest BCUT2D eigenvalue weighted by Gasteiger charge is -2.29. The number of anilines is 1.